The van der Waals surface area contributed by atoms with E-state index in [1.54, 1.807) is 16.3 Å². The summed E-state index contributed by atoms with van der Waals surface area (Å²) in [6, 6.07) is 6.64. The Morgan fingerprint density at radius 3 is 2.95 bits per heavy atom. The van der Waals surface area contributed by atoms with E-state index in [4.69, 9.17) is 5.73 Å². The zero-order valence-electron chi connectivity index (χ0n) is 12.2. The molecule has 1 fully saturated rings. The highest BCUT2D eigenvalue weighted by molar-refractivity contribution is 7.09. The standard InChI is InChI=1S/C16H18FN3OS/c17-12-3-1-2-11(8-12)9-20(13-4-5-13)16(21)14-10-22-15(19-14)6-7-18/h1-3,8,10,13H,4-7,9,18H2. The number of halogens is 1. The lowest BCUT2D eigenvalue weighted by Crippen LogP contribution is -2.32. The topological polar surface area (TPSA) is 59.2 Å². The van der Waals surface area contributed by atoms with Crippen LogP contribution in [0.5, 0.6) is 0 Å². The molecule has 0 unspecified atom stereocenters. The van der Waals surface area contributed by atoms with Crippen molar-refractivity contribution in [3.63, 3.8) is 0 Å². The predicted octanol–water partition coefficient (Wildman–Crippen LogP) is 2.59. The van der Waals surface area contributed by atoms with Gasteiger partial charge in [-0.1, -0.05) is 12.1 Å². The highest BCUT2D eigenvalue weighted by Crippen LogP contribution is 2.30. The zero-order chi connectivity index (χ0) is 15.5. The summed E-state index contributed by atoms with van der Waals surface area (Å²) in [5, 5.41) is 2.67. The zero-order valence-corrected chi connectivity index (χ0v) is 13.0. The second-order valence-electron chi connectivity index (χ2n) is 5.46. The van der Waals surface area contributed by atoms with Gasteiger partial charge in [0.25, 0.3) is 5.91 Å². The Bertz CT molecular complexity index is 669. The normalized spacial score (nSPS) is 14.1. The summed E-state index contributed by atoms with van der Waals surface area (Å²) in [5.74, 6) is -0.356. The van der Waals surface area contributed by atoms with Crippen LogP contribution < -0.4 is 5.73 Å². The maximum Gasteiger partial charge on any atom is 0.273 e. The molecular formula is C16H18FN3OS. The van der Waals surface area contributed by atoms with Crippen LogP contribution in [-0.4, -0.2) is 28.4 Å². The van der Waals surface area contributed by atoms with Crippen molar-refractivity contribution in [3.05, 3.63) is 51.7 Å². The van der Waals surface area contributed by atoms with Gasteiger partial charge < -0.3 is 10.6 Å². The van der Waals surface area contributed by atoms with Gasteiger partial charge in [0.05, 0.1) is 5.01 Å². The molecule has 6 heteroatoms. The number of carbonyl (C=O) groups is 1. The second kappa shape index (κ2) is 6.54. The van der Waals surface area contributed by atoms with Crippen LogP contribution in [0.2, 0.25) is 0 Å². The van der Waals surface area contributed by atoms with E-state index in [9.17, 15) is 9.18 Å². The van der Waals surface area contributed by atoms with Crippen molar-refractivity contribution in [2.75, 3.05) is 6.54 Å². The summed E-state index contributed by atoms with van der Waals surface area (Å²) in [4.78, 5) is 18.8. The summed E-state index contributed by atoms with van der Waals surface area (Å²) in [6.45, 7) is 0.946. The first kappa shape index (κ1) is 15.1. The maximum atomic E-state index is 13.3. The largest absolute Gasteiger partial charge is 0.330 e. The highest BCUT2D eigenvalue weighted by Gasteiger charge is 2.34. The van der Waals surface area contributed by atoms with Gasteiger partial charge in [-0.3, -0.25) is 4.79 Å². The van der Waals surface area contributed by atoms with E-state index in [1.165, 1.54) is 23.5 Å². The van der Waals surface area contributed by atoms with Crippen LogP contribution in [0, 0.1) is 5.82 Å². The van der Waals surface area contributed by atoms with Gasteiger partial charge in [0.1, 0.15) is 11.5 Å². The number of carbonyl (C=O) groups excluding carboxylic acids is 1. The second-order valence-corrected chi connectivity index (χ2v) is 6.40. The van der Waals surface area contributed by atoms with Crippen LogP contribution in [0.4, 0.5) is 4.39 Å². The Hall–Kier alpha value is -1.79. The van der Waals surface area contributed by atoms with Crippen molar-refractivity contribution in [3.8, 4) is 0 Å². The number of amides is 1. The molecule has 0 radical (unpaired) electrons. The van der Waals surface area contributed by atoms with E-state index >= 15 is 0 Å². The van der Waals surface area contributed by atoms with E-state index in [-0.39, 0.29) is 17.8 Å². The molecule has 4 nitrogen and oxygen atoms in total. The van der Waals surface area contributed by atoms with E-state index in [0.717, 1.165) is 23.4 Å². The quantitative estimate of drug-likeness (QED) is 0.890. The molecule has 1 aromatic heterocycles. The molecule has 1 aliphatic rings. The van der Waals surface area contributed by atoms with Crippen molar-refractivity contribution >= 4 is 17.2 Å². The molecule has 0 spiro atoms. The van der Waals surface area contributed by atoms with Crippen molar-refractivity contribution in [1.29, 1.82) is 0 Å². The van der Waals surface area contributed by atoms with E-state index in [1.807, 2.05) is 6.07 Å². The molecule has 0 saturated heterocycles. The van der Waals surface area contributed by atoms with E-state index < -0.39 is 0 Å². The van der Waals surface area contributed by atoms with Crippen LogP contribution in [0.15, 0.2) is 29.6 Å². The number of nitrogens with two attached hydrogens (primary N) is 1. The molecule has 1 heterocycles. The lowest BCUT2D eigenvalue weighted by molar-refractivity contribution is 0.0724. The van der Waals surface area contributed by atoms with Gasteiger partial charge in [-0.05, 0) is 37.1 Å². The van der Waals surface area contributed by atoms with Crippen molar-refractivity contribution < 1.29 is 9.18 Å². The summed E-state index contributed by atoms with van der Waals surface area (Å²) < 4.78 is 13.3. The molecule has 116 valence electrons. The molecule has 2 N–H and O–H groups in total. The van der Waals surface area contributed by atoms with Crippen LogP contribution in [0.25, 0.3) is 0 Å². The number of thiazole rings is 1. The van der Waals surface area contributed by atoms with E-state index in [0.29, 0.717) is 25.2 Å². The SMILES string of the molecule is NCCc1nc(C(=O)N(Cc2cccc(F)c2)C2CC2)cs1. The molecule has 1 aliphatic carbocycles. The smallest absolute Gasteiger partial charge is 0.273 e. The molecule has 3 rings (SSSR count). The number of hydrogen-bond donors (Lipinski definition) is 1. The van der Waals surface area contributed by atoms with Crippen molar-refractivity contribution in [2.45, 2.75) is 31.8 Å². The Morgan fingerprint density at radius 2 is 2.27 bits per heavy atom. The molecule has 0 aliphatic heterocycles. The summed E-state index contributed by atoms with van der Waals surface area (Å²) >= 11 is 1.46. The highest BCUT2D eigenvalue weighted by atomic mass is 32.1. The van der Waals surface area contributed by atoms with Crippen LogP contribution in [-0.2, 0) is 13.0 Å². The Kier molecular flexibility index (Phi) is 4.49. The Labute approximate surface area is 132 Å². The number of nitrogens with zero attached hydrogens (tertiary/aromatic N) is 2. The summed E-state index contributed by atoms with van der Waals surface area (Å²) in [5.41, 5.74) is 6.79. The first-order valence-corrected chi connectivity index (χ1v) is 8.25. The Balaban J connectivity index is 1.76. The van der Waals surface area contributed by atoms with Crippen LogP contribution in [0.3, 0.4) is 0 Å². The molecular weight excluding hydrogens is 301 g/mol. The number of aromatic nitrogens is 1. The lowest BCUT2D eigenvalue weighted by Gasteiger charge is -2.21. The van der Waals surface area contributed by atoms with Crippen LogP contribution >= 0.6 is 11.3 Å². The lowest BCUT2D eigenvalue weighted by atomic mass is 10.2. The fourth-order valence-corrected chi connectivity index (χ4v) is 3.17. The predicted molar refractivity (Wildman–Crippen MR) is 84.2 cm³/mol. The average Bonchev–Trinajstić information content (AvgIpc) is 3.24. The summed E-state index contributed by atoms with van der Waals surface area (Å²) in [6.07, 6.45) is 2.69. The Morgan fingerprint density at radius 1 is 1.45 bits per heavy atom. The maximum absolute atomic E-state index is 13.3. The van der Waals surface area contributed by atoms with Gasteiger partial charge in [0, 0.05) is 24.4 Å². The third kappa shape index (κ3) is 3.51. The van der Waals surface area contributed by atoms with Gasteiger partial charge in [0.2, 0.25) is 0 Å². The van der Waals surface area contributed by atoms with Gasteiger partial charge in [-0.15, -0.1) is 11.3 Å². The minimum atomic E-state index is -0.278. The fraction of sp³-hybridized carbons (Fsp3) is 0.375. The molecule has 1 aromatic carbocycles. The van der Waals surface area contributed by atoms with E-state index in [2.05, 4.69) is 4.98 Å². The van der Waals surface area contributed by atoms with Crippen LogP contribution in [0.1, 0.15) is 33.9 Å². The molecule has 1 amide bonds. The molecule has 2 aromatic rings. The number of rotatable bonds is 6. The number of hydrogen-bond acceptors (Lipinski definition) is 4. The molecule has 1 saturated carbocycles. The fourth-order valence-electron chi connectivity index (χ4n) is 2.38. The van der Waals surface area contributed by atoms with Crippen molar-refractivity contribution in [2.24, 2.45) is 5.73 Å². The average molecular weight is 319 g/mol. The van der Waals surface area contributed by atoms with Gasteiger partial charge in [-0.2, -0.15) is 0 Å². The molecule has 22 heavy (non-hydrogen) atoms. The van der Waals surface area contributed by atoms with Crippen molar-refractivity contribution in [1.82, 2.24) is 9.88 Å². The van der Waals surface area contributed by atoms with Gasteiger partial charge in [0.15, 0.2) is 0 Å². The number of benzene rings is 1. The molecule has 0 bridgehead atoms. The summed E-state index contributed by atoms with van der Waals surface area (Å²) in [7, 11) is 0. The minimum absolute atomic E-state index is 0.0775. The molecule has 0 atom stereocenters. The first-order chi connectivity index (χ1) is 10.7. The van der Waals surface area contributed by atoms with Gasteiger partial charge >= 0.3 is 0 Å². The third-order valence-electron chi connectivity index (χ3n) is 3.62. The van der Waals surface area contributed by atoms with Gasteiger partial charge in [-0.25, -0.2) is 9.37 Å². The third-order valence-corrected chi connectivity index (χ3v) is 4.53. The minimum Gasteiger partial charge on any atom is -0.330 e. The first-order valence-electron chi connectivity index (χ1n) is 7.37. The monoisotopic (exact) mass is 319 g/mol.